The van der Waals surface area contributed by atoms with Gasteiger partial charge in [0, 0.05) is 45.4 Å². The SMILES string of the molecule is COc1ccnc(CN2C[C@H](OC)C[C@H]2c2nnc3n2CCC3)c1. The summed E-state index contributed by atoms with van der Waals surface area (Å²) in [6.45, 7) is 2.66. The van der Waals surface area contributed by atoms with Crippen molar-refractivity contribution in [3.8, 4) is 5.75 Å². The van der Waals surface area contributed by atoms with Crippen molar-refractivity contribution in [1.82, 2.24) is 24.6 Å². The Labute approximate surface area is 141 Å². The van der Waals surface area contributed by atoms with Gasteiger partial charge in [0.2, 0.25) is 0 Å². The molecule has 0 bridgehead atoms. The molecule has 128 valence electrons. The second-order valence-corrected chi connectivity index (χ2v) is 6.46. The number of likely N-dealkylation sites (tertiary alicyclic amines) is 1. The van der Waals surface area contributed by atoms with Crippen LogP contribution in [-0.2, 0) is 24.2 Å². The summed E-state index contributed by atoms with van der Waals surface area (Å²) < 4.78 is 13.2. The molecule has 2 atom stereocenters. The van der Waals surface area contributed by atoms with Crippen molar-refractivity contribution < 1.29 is 9.47 Å². The Morgan fingerprint density at radius 1 is 1.29 bits per heavy atom. The average molecular weight is 329 g/mol. The molecule has 0 spiro atoms. The first-order valence-electron chi connectivity index (χ1n) is 8.46. The van der Waals surface area contributed by atoms with Crippen LogP contribution in [0.3, 0.4) is 0 Å². The molecular formula is C17H23N5O2. The van der Waals surface area contributed by atoms with Crippen LogP contribution >= 0.6 is 0 Å². The standard InChI is InChI=1S/C17H23N5O2/c1-23-13-5-6-18-12(8-13)10-21-11-14(24-2)9-15(21)17-20-19-16-4-3-7-22(16)17/h5-6,8,14-15H,3-4,7,9-11H2,1-2H3/t14-,15+/m1/s1. The molecule has 2 aromatic heterocycles. The summed E-state index contributed by atoms with van der Waals surface area (Å²) in [6.07, 6.45) is 5.15. The molecule has 4 rings (SSSR count). The summed E-state index contributed by atoms with van der Waals surface area (Å²) >= 11 is 0. The van der Waals surface area contributed by atoms with Gasteiger partial charge in [0.15, 0.2) is 5.82 Å². The Bertz CT molecular complexity index is 717. The minimum absolute atomic E-state index is 0.218. The molecule has 4 heterocycles. The largest absolute Gasteiger partial charge is 0.497 e. The highest BCUT2D eigenvalue weighted by Crippen LogP contribution is 2.35. The van der Waals surface area contributed by atoms with Crippen LogP contribution in [0.2, 0.25) is 0 Å². The maximum atomic E-state index is 5.63. The molecule has 0 aliphatic carbocycles. The molecule has 0 amide bonds. The van der Waals surface area contributed by atoms with E-state index in [0.29, 0.717) is 0 Å². The third-order valence-electron chi connectivity index (χ3n) is 5.02. The van der Waals surface area contributed by atoms with E-state index in [2.05, 4.69) is 24.6 Å². The van der Waals surface area contributed by atoms with Crippen LogP contribution in [0.25, 0.3) is 0 Å². The molecule has 2 aliphatic rings. The van der Waals surface area contributed by atoms with Crippen LogP contribution in [0.5, 0.6) is 5.75 Å². The van der Waals surface area contributed by atoms with Gasteiger partial charge in [-0.1, -0.05) is 0 Å². The first kappa shape index (κ1) is 15.5. The van der Waals surface area contributed by atoms with Crippen molar-refractivity contribution in [2.24, 2.45) is 0 Å². The fourth-order valence-corrected chi connectivity index (χ4v) is 3.77. The number of aromatic nitrogens is 4. The van der Waals surface area contributed by atoms with Gasteiger partial charge in [-0.25, -0.2) is 0 Å². The molecular weight excluding hydrogens is 306 g/mol. The van der Waals surface area contributed by atoms with E-state index in [-0.39, 0.29) is 12.1 Å². The Balaban J connectivity index is 1.59. The number of aryl methyl sites for hydroxylation is 1. The highest BCUT2D eigenvalue weighted by Gasteiger charge is 2.37. The van der Waals surface area contributed by atoms with Gasteiger partial charge in [0.1, 0.15) is 11.6 Å². The number of fused-ring (bicyclic) bond motifs is 1. The fraction of sp³-hybridized carbons (Fsp3) is 0.588. The zero-order chi connectivity index (χ0) is 16.5. The molecule has 0 unspecified atom stereocenters. The van der Waals surface area contributed by atoms with Gasteiger partial charge in [-0.3, -0.25) is 9.88 Å². The number of ether oxygens (including phenoxy) is 2. The average Bonchev–Trinajstić information content (AvgIpc) is 3.30. The quantitative estimate of drug-likeness (QED) is 0.830. The van der Waals surface area contributed by atoms with E-state index >= 15 is 0 Å². The highest BCUT2D eigenvalue weighted by atomic mass is 16.5. The summed E-state index contributed by atoms with van der Waals surface area (Å²) in [5.74, 6) is 3.03. The molecule has 24 heavy (non-hydrogen) atoms. The molecule has 7 nitrogen and oxygen atoms in total. The monoisotopic (exact) mass is 329 g/mol. The Kier molecular flexibility index (Phi) is 4.20. The van der Waals surface area contributed by atoms with Crippen LogP contribution in [-0.4, -0.2) is 51.5 Å². The molecule has 0 saturated carbocycles. The van der Waals surface area contributed by atoms with Gasteiger partial charge in [0.25, 0.3) is 0 Å². The first-order valence-corrected chi connectivity index (χ1v) is 8.46. The lowest BCUT2D eigenvalue weighted by atomic mass is 10.2. The van der Waals surface area contributed by atoms with E-state index in [1.54, 1.807) is 20.4 Å². The topological polar surface area (TPSA) is 65.3 Å². The Hall–Kier alpha value is -1.99. The molecule has 0 aromatic carbocycles. The van der Waals surface area contributed by atoms with Crippen LogP contribution < -0.4 is 4.74 Å². The molecule has 0 radical (unpaired) electrons. The van der Waals surface area contributed by atoms with Gasteiger partial charge in [-0.2, -0.15) is 0 Å². The zero-order valence-electron chi connectivity index (χ0n) is 14.2. The second-order valence-electron chi connectivity index (χ2n) is 6.46. The summed E-state index contributed by atoms with van der Waals surface area (Å²) in [6, 6.07) is 4.09. The maximum Gasteiger partial charge on any atom is 0.150 e. The predicted molar refractivity (Wildman–Crippen MR) is 87.7 cm³/mol. The lowest BCUT2D eigenvalue weighted by molar-refractivity contribution is 0.107. The fourth-order valence-electron chi connectivity index (χ4n) is 3.77. The van der Waals surface area contributed by atoms with Crippen molar-refractivity contribution in [2.45, 2.75) is 44.5 Å². The number of hydrogen-bond donors (Lipinski definition) is 0. The third kappa shape index (κ3) is 2.78. The second kappa shape index (κ2) is 6.49. The van der Waals surface area contributed by atoms with Crippen molar-refractivity contribution >= 4 is 0 Å². The minimum Gasteiger partial charge on any atom is -0.497 e. The molecule has 2 aromatic rings. The highest BCUT2D eigenvalue weighted by molar-refractivity contribution is 5.22. The van der Waals surface area contributed by atoms with Crippen LogP contribution in [0, 0.1) is 0 Å². The van der Waals surface area contributed by atoms with Crippen LogP contribution in [0.15, 0.2) is 18.3 Å². The Morgan fingerprint density at radius 2 is 2.21 bits per heavy atom. The summed E-state index contributed by atoms with van der Waals surface area (Å²) in [4.78, 5) is 6.88. The van der Waals surface area contributed by atoms with Crippen molar-refractivity contribution in [2.75, 3.05) is 20.8 Å². The number of pyridine rings is 1. The molecule has 2 aliphatic heterocycles. The van der Waals surface area contributed by atoms with E-state index < -0.39 is 0 Å². The van der Waals surface area contributed by atoms with Crippen LogP contribution in [0.4, 0.5) is 0 Å². The van der Waals surface area contributed by atoms with Gasteiger partial charge in [0.05, 0.1) is 24.9 Å². The minimum atomic E-state index is 0.218. The molecule has 0 N–H and O–H groups in total. The van der Waals surface area contributed by atoms with Gasteiger partial charge >= 0.3 is 0 Å². The normalized spacial score (nSPS) is 23.6. The van der Waals surface area contributed by atoms with E-state index in [4.69, 9.17) is 9.47 Å². The van der Waals surface area contributed by atoms with Gasteiger partial charge in [-0.15, -0.1) is 10.2 Å². The molecule has 1 saturated heterocycles. The zero-order valence-corrected chi connectivity index (χ0v) is 14.2. The number of nitrogens with zero attached hydrogens (tertiary/aromatic N) is 5. The molecule has 1 fully saturated rings. The van der Waals surface area contributed by atoms with Crippen LogP contribution in [0.1, 0.15) is 36.2 Å². The lowest BCUT2D eigenvalue weighted by Gasteiger charge is -2.23. The van der Waals surface area contributed by atoms with Crippen molar-refractivity contribution in [3.63, 3.8) is 0 Å². The number of rotatable bonds is 5. The lowest BCUT2D eigenvalue weighted by Crippen LogP contribution is -2.27. The smallest absolute Gasteiger partial charge is 0.150 e. The predicted octanol–water partition coefficient (Wildman–Crippen LogP) is 1.59. The van der Waals surface area contributed by atoms with Crippen molar-refractivity contribution in [1.29, 1.82) is 0 Å². The van der Waals surface area contributed by atoms with E-state index in [1.807, 2.05) is 12.1 Å². The Morgan fingerprint density at radius 3 is 3.04 bits per heavy atom. The number of hydrogen-bond acceptors (Lipinski definition) is 6. The number of methoxy groups -OCH3 is 2. The van der Waals surface area contributed by atoms with E-state index in [1.165, 1.54) is 0 Å². The van der Waals surface area contributed by atoms with E-state index in [9.17, 15) is 0 Å². The first-order chi connectivity index (χ1) is 11.8. The third-order valence-corrected chi connectivity index (χ3v) is 5.02. The summed E-state index contributed by atoms with van der Waals surface area (Å²) in [5, 5.41) is 8.86. The van der Waals surface area contributed by atoms with E-state index in [0.717, 1.165) is 62.0 Å². The maximum absolute atomic E-state index is 5.63. The van der Waals surface area contributed by atoms with Gasteiger partial charge in [-0.05, 0) is 18.9 Å². The summed E-state index contributed by atoms with van der Waals surface area (Å²) in [7, 11) is 3.46. The van der Waals surface area contributed by atoms with Gasteiger partial charge < -0.3 is 14.0 Å². The molecule has 7 heteroatoms. The summed E-state index contributed by atoms with van der Waals surface area (Å²) in [5.41, 5.74) is 0.997. The van der Waals surface area contributed by atoms with Crippen molar-refractivity contribution in [3.05, 3.63) is 35.7 Å².